The van der Waals surface area contributed by atoms with Crippen LogP contribution >= 0.6 is 0 Å². The number of hydrogen-bond acceptors (Lipinski definition) is 2. The molecule has 0 bridgehead atoms. The van der Waals surface area contributed by atoms with Crippen LogP contribution in [0.5, 0.6) is 0 Å². The zero-order valence-electron chi connectivity index (χ0n) is 8.23. The van der Waals surface area contributed by atoms with Gasteiger partial charge in [-0.2, -0.15) is 0 Å². The van der Waals surface area contributed by atoms with Crippen LogP contribution in [0.15, 0.2) is 0 Å². The van der Waals surface area contributed by atoms with Crippen molar-refractivity contribution >= 4 is 0 Å². The molecule has 1 fully saturated rings. The van der Waals surface area contributed by atoms with Crippen LogP contribution in [0.2, 0.25) is 0 Å². The van der Waals surface area contributed by atoms with E-state index in [-0.39, 0.29) is 0 Å². The van der Waals surface area contributed by atoms with Gasteiger partial charge in [-0.05, 0) is 44.2 Å². The molecule has 0 aliphatic heterocycles. The van der Waals surface area contributed by atoms with E-state index in [9.17, 15) is 0 Å². The van der Waals surface area contributed by atoms with Gasteiger partial charge in [0.05, 0.1) is 0 Å². The highest BCUT2D eigenvalue weighted by Gasteiger charge is 2.34. The number of nitrogens with two attached hydrogens (primary N) is 1. The maximum Gasteiger partial charge on any atom is 0.000771 e. The van der Waals surface area contributed by atoms with E-state index in [4.69, 9.17) is 5.73 Å². The van der Waals surface area contributed by atoms with Gasteiger partial charge in [-0.3, -0.25) is 0 Å². The summed E-state index contributed by atoms with van der Waals surface area (Å²) in [7, 11) is 0. The Kier molecular flexibility index (Phi) is 4.02. The average molecular weight is 170 g/mol. The van der Waals surface area contributed by atoms with Crippen molar-refractivity contribution in [3.05, 3.63) is 0 Å². The van der Waals surface area contributed by atoms with E-state index in [1.807, 2.05) is 0 Å². The third-order valence-corrected chi connectivity index (χ3v) is 3.22. The maximum atomic E-state index is 5.42. The van der Waals surface area contributed by atoms with Gasteiger partial charge in [-0.15, -0.1) is 0 Å². The molecule has 2 nitrogen and oxygen atoms in total. The van der Waals surface area contributed by atoms with Gasteiger partial charge in [-0.1, -0.05) is 13.3 Å². The first-order valence-electron chi connectivity index (χ1n) is 5.24. The topological polar surface area (TPSA) is 38.0 Å². The van der Waals surface area contributed by atoms with E-state index in [0.717, 1.165) is 19.5 Å². The van der Waals surface area contributed by atoms with E-state index >= 15 is 0 Å². The monoisotopic (exact) mass is 170 g/mol. The van der Waals surface area contributed by atoms with E-state index in [1.165, 1.54) is 32.2 Å². The Balaban J connectivity index is 2.04. The second-order valence-electron chi connectivity index (χ2n) is 4.03. The van der Waals surface area contributed by atoms with Gasteiger partial charge in [-0.25, -0.2) is 0 Å². The van der Waals surface area contributed by atoms with Crippen molar-refractivity contribution in [2.24, 2.45) is 11.1 Å². The Morgan fingerprint density at radius 2 is 2.17 bits per heavy atom. The molecule has 1 aliphatic carbocycles. The largest absolute Gasteiger partial charge is 0.330 e. The molecule has 0 aromatic carbocycles. The minimum Gasteiger partial charge on any atom is -0.330 e. The third kappa shape index (κ3) is 2.46. The van der Waals surface area contributed by atoms with Gasteiger partial charge in [0.25, 0.3) is 0 Å². The maximum absolute atomic E-state index is 5.42. The lowest BCUT2D eigenvalue weighted by molar-refractivity contribution is 0.124. The summed E-state index contributed by atoms with van der Waals surface area (Å²) in [5.74, 6) is 0. The summed E-state index contributed by atoms with van der Waals surface area (Å²) >= 11 is 0. The molecule has 0 aromatic heterocycles. The predicted molar refractivity (Wildman–Crippen MR) is 53.1 cm³/mol. The number of nitrogens with one attached hydrogen (secondary N) is 1. The summed E-state index contributed by atoms with van der Waals surface area (Å²) in [5, 5.41) is 3.50. The first-order chi connectivity index (χ1) is 5.83. The fourth-order valence-corrected chi connectivity index (χ4v) is 1.91. The molecule has 0 spiro atoms. The van der Waals surface area contributed by atoms with Gasteiger partial charge in [0, 0.05) is 6.54 Å². The van der Waals surface area contributed by atoms with Gasteiger partial charge >= 0.3 is 0 Å². The Morgan fingerprint density at radius 3 is 2.58 bits per heavy atom. The van der Waals surface area contributed by atoms with Crippen LogP contribution in [-0.2, 0) is 0 Å². The molecule has 2 heteroatoms. The van der Waals surface area contributed by atoms with Crippen LogP contribution in [0, 0.1) is 5.41 Å². The molecule has 0 unspecified atom stereocenters. The fourth-order valence-electron chi connectivity index (χ4n) is 1.91. The molecular weight excluding hydrogens is 148 g/mol. The molecule has 0 radical (unpaired) electrons. The highest BCUT2D eigenvalue weighted by Crippen LogP contribution is 2.42. The highest BCUT2D eigenvalue weighted by molar-refractivity contribution is 4.88. The van der Waals surface area contributed by atoms with E-state index < -0.39 is 0 Å². The Bertz CT molecular complexity index is 113. The van der Waals surface area contributed by atoms with Gasteiger partial charge in [0.15, 0.2) is 0 Å². The summed E-state index contributed by atoms with van der Waals surface area (Å²) in [6.45, 7) is 5.43. The van der Waals surface area contributed by atoms with Crippen molar-refractivity contribution in [1.82, 2.24) is 5.32 Å². The minimum absolute atomic E-state index is 0.661. The summed E-state index contributed by atoms with van der Waals surface area (Å²) in [5.41, 5.74) is 6.08. The molecule has 72 valence electrons. The molecule has 1 rings (SSSR count). The van der Waals surface area contributed by atoms with Crippen molar-refractivity contribution in [3.63, 3.8) is 0 Å². The zero-order valence-corrected chi connectivity index (χ0v) is 8.23. The van der Waals surface area contributed by atoms with Crippen molar-refractivity contribution in [3.8, 4) is 0 Å². The molecule has 1 aliphatic rings. The molecule has 0 heterocycles. The van der Waals surface area contributed by atoms with Crippen LogP contribution in [-0.4, -0.2) is 19.6 Å². The Hall–Kier alpha value is -0.0800. The second-order valence-corrected chi connectivity index (χ2v) is 4.03. The van der Waals surface area contributed by atoms with Crippen LogP contribution < -0.4 is 11.1 Å². The fraction of sp³-hybridized carbons (Fsp3) is 1.00. The van der Waals surface area contributed by atoms with E-state index in [2.05, 4.69) is 12.2 Å². The summed E-state index contributed by atoms with van der Waals surface area (Å²) in [6.07, 6.45) is 6.74. The molecule has 12 heavy (non-hydrogen) atoms. The zero-order chi connectivity index (χ0) is 8.86. The smallest absolute Gasteiger partial charge is 0.000771 e. The summed E-state index contributed by atoms with van der Waals surface area (Å²) in [4.78, 5) is 0. The van der Waals surface area contributed by atoms with Gasteiger partial charge in [0.1, 0.15) is 0 Å². The van der Waals surface area contributed by atoms with Gasteiger partial charge in [0.2, 0.25) is 0 Å². The lowest BCUT2D eigenvalue weighted by atomic mass is 9.67. The van der Waals surface area contributed by atoms with E-state index in [1.54, 1.807) is 0 Å². The van der Waals surface area contributed by atoms with Crippen LogP contribution in [0.4, 0.5) is 0 Å². The van der Waals surface area contributed by atoms with Gasteiger partial charge < -0.3 is 11.1 Å². The molecule has 0 aromatic rings. The molecule has 3 N–H and O–H groups in total. The lowest BCUT2D eigenvalue weighted by Crippen LogP contribution is -2.39. The molecule has 0 amide bonds. The summed E-state index contributed by atoms with van der Waals surface area (Å²) in [6, 6.07) is 0. The highest BCUT2D eigenvalue weighted by atomic mass is 14.9. The van der Waals surface area contributed by atoms with Crippen LogP contribution in [0.1, 0.15) is 39.0 Å². The van der Waals surface area contributed by atoms with Crippen molar-refractivity contribution in [2.75, 3.05) is 19.6 Å². The van der Waals surface area contributed by atoms with Crippen LogP contribution in [0.25, 0.3) is 0 Å². The van der Waals surface area contributed by atoms with Crippen molar-refractivity contribution < 1.29 is 0 Å². The average Bonchev–Trinajstić information content (AvgIpc) is 2.02. The van der Waals surface area contributed by atoms with Crippen molar-refractivity contribution in [2.45, 2.75) is 39.0 Å². The lowest BCUT2D eigenvalue weighted by Gasteiger charge is -2.41. The third-order valence-electron chi connectivity index (χ3n) is 3.22. The standard InChI is InChI=1S/C10H22N2/c1-2-10(5-3-6-10)9-12-8-4-7-11/h12H,2-9,11H2,1H3. The normalized spacial score (nSPS) is 20.5. The van der Waals surface area contributed by atoms with Crippen LogP contribution in [0.3, 0.4) is 0 Å². The molecule has 0 atom stereocenters. The minimum atomic E-state index is 0.661. The quantitative estimate of drug-likeness (QED) is 0.593. The second kappa shape index (κ2) is 4.83. The SMILES string of the molecule is CCC1(CNCCCN)CCC1. The Labute approximate surface area is 75.9 Å². The number of rotatable bonds is 6. The van der Waals surface area contributed by atoms with E-state index in [0.29, 0.717) is 5.41 Å². The summed E-state index contributed by atoms with van der Waals surface area (Å²) < 4.78 is 0. The number of hydrogen-bond donors (Lipinski definition) is 2. The Morgan fingerprint density at radius 1 is 1.42 bits per heavy atom. The molecule has 0 saturated heterocycles. The first-order valence-corrected chi connectivity index (χ1v) is 5.24. The predicted octanol–water partition coefficient (Wildman–Crippen LogP) is 1.51. The van der Waals surface area contributed by atoms with Crippen molar-refractivity contribution in [1.29, 1.82) is 0 Å². The molecule has 1 saturated carbocycles. The first kappa shape index (κ1) is 10.0. The molecular formula is C10H22N2.